The molecule has 0 spiro atoms. The Balaban J connectivity index is 1.58. The number of hydrogen-bond donors (Lipinski definition) is 6. The number of primary amides is 1. The highest BCUT2D eigenvalue weighted by Gasteiger charge is 2.29. The number of rotatable bonds is 60. The van der Waals surface area contributed by atoms with Crippen molar-refractivity contribution in [3.8, 4) is 0 Å². The second-order valence-electron chi connectivity index (χ2n) is 20.8. The van der Waals surface area contributed by atoms with Crippen LogP contribution in [-0.2, 0) is 120 Å². The van der Waals surface area contributed by atoms with Crippen LogP contribution in [0.15, 0.2) is 30.6 Å². The molecule has 0 fully saturated rings. The molecular formula is C60H104N12O20. The molecular weight excluding hydrogens is 1210 g/mol. The zero-order valence-corrected chi connectivity index (χ0v) is 54.7. The summed E-state index contributed by atoms with van der Waals surface area (Å²) in [6.07, 6.45) is 4.49. The number of aliphatic hydroxyl groups is 1. The number of aromatic nitrogens is 6. The summed E-state index contributed by atoms with van der Waals surface area (Å²) < 4.78 is 80.0. The summed E-state index contributed by atoms with van der Waals surface area (Å²) in [5, 5.41) is 36.8. The first-order valence-electron chi connectivity index (χ1n) is 31.6. The fraction of sp³-hybridized carbons (Fsp3) is 0.750. The van der Waals surface area contributed by atoms with Crippen molar-refractivity contribution in [3.63, 3.8) is 0 Å². The number of nitrogens with zero attached hydrogens (tertiary/aromatic N) is 7. The molecule has 0 aliphatic rings. The molecule has 2 aromatic heterocycles. The summed E-state index contributed by atoms with van der Waals surface area (Å²) in [5.74, 6) is -1.82. The quantitative estimate of drug-likeness (QED) is 0.0435. The van der Waals surface area contributed by atoms with Crippen LogP contribution in [0.4, 0.5) is 15.3 Å². The van der Waals surface area contributed by atoms with Gasteiger partial charge in [0.2, 0.25) is 17.7 Å². The molecule has 2 atom stereocenters. The molecule has 524 valence electrons. The van der Waals surface area contributed by atoms with Crippen LogP contribution in [0.5, 0.6) is 0 Å². The van der Waals surface area contributed by atoms with Crippen molar-refractivity contribution in [2.45, 2.75) is 105 Å². The second kappa shape index (κ2) is 53.3. The van der Waals surface area contributed by atoms with Crippen LogP contribution in [0.25, 0.3) is 0 Å². The first-order chi connectivity index (χ1) is 44.9. The van der Waals surface area contributed by atoms with Gasteiger partial charge < -0.3 is 98.4 Å². The van der Waals surface area contributed by atoms with E-state index in [9.17, 15) is 24.0 Å². The topological polar surface area (TPSA) is 374 Å². The number of nitrogens with two attached hydrogens (primary N) is 1. The second-order valence-corrected chi connectivity index (χ2v) is 20.8. The third-order valence-corrected chi connectivity index (χ3v) is 13.0. The molecule has 2 heterocycles. The number of amides is 6. The maximum absolute atomic E-state index is 14.2. The van der Waals surface area contributed by atoms with Crippen molar-refractivity contribution in [1.29, 1.82) is 0 Å². The van der Waals surface area contributed by atoms with Gasteiger partial charge in [0.25, 0.3) is 0 Å². The molecule has 3 rings (SSSR count). The SMILES string of the molecule is CCCOCCC(=O)N[C@H](C(=O)N[C@@H](CCCNC(N)=O)C(=O)Nc1ccc(CC)c(CN(Cc2cn(CCOCCOCCOCCOCCO)nn2)C(=O)OCc2cn(CCOCCOCCOCCOCCOCCOCCOCCOC)nn2)c1)C(C)C. The molecule has 0 saturated heterocycles. The minimum absolute atomic E-state index is 0.0144. The molecule has 7 N–H and O–H groups in total. The van der Waals surface area contributed by atoms with Gasteiger partial charge in [0.15, 0.2) is 0 Å². The molecule has 0 aliphatic heterocycles. The minimum Gasteiger partial charge on any atom is -0.443 e. The average molecular weight is 1310 g/mol. The Bertz CT molecular complexity index is 2390. The summed E-state index contributed by atoms with van der Waals surface area (Å²) in [6, 6.07) is 2.53. The molecule has 0 radical (unpaired) electrons. The van der Waals surface area contributed by atoms with Crippen LogP contribution in [0.2, 0.25) is 0 Å². The van der Waals surface area contributed by atoms with Crippen molar-refractivity contribution < 1.29 is 95.4 Å². The van der Waals surface area contributed by atoms with Crippen molar-refractivity contribution in [1.82, 2.24) is 50.8 Å². The number of methoxy groups -OCH3 is 1. The fourth-order valence-corrected chi connectivity index (χ4v) is 8.22. The van der Waals surface area contributed by atoms with Gasteiger partial charge in [0.05, 0.1) is 197 Å². The smallest absolute Gasteiger partial charge is 0.410 e. The standard InChI is InChI=1S/C60H104N12O20/c1-6-17-80-18-12-55(74)65-56(48(3)4)58(76)64-54(9-8-13-62-59(61)77)57(75)63-51-11-10-49(7-2)50(42-51)43-70(44-52-45-71(68-66-52)14-19-81-24-27-85-32-34-87-29-26-83-21-16-73)60(78)92-47-53-46-72(69-67-53)15-20-82-25-28-86-33-35-89-38-39-91-41-40-90-37-36-88-31-30-84-23-22-79-5/h10-11,42,45-46,48,54,56,73H,6-9,12-41,43-44,47H2,1-5H3,(H,63,75)(H,64,76)(H,65,74)(H3,61,62,77)/t54-,56-/m0/s1. The number of urea groups is 1. The number of anilines is 1. The predicted molar refractivity (Wildman–Crippen MR) is 333 cm³/mol. The molecule has 0 unspecified atom stereocenters. The number of carbonyl (C=O) groups excluding carboxylic acids is 5. The Morgan fingerprint density at radius 3 is 1.57 bits per heavy atom. The van der Waals surface area contributed by atoms with E-state index in [0.29, 0.717) is 194 Å². The zero-order chi connectivity index (χ0) is 66.5. The van der Waals surface area contributed by atoms with Crippen LogP contribution in [0.3, 0.4) is 0 Å². The molecule has 92 heavy (non-hydrogen) atoms. The van der Waals surface area contributed by atoms with Gasteiger partial charge in [-0.15, -0.1) is 10.2 Å². The number of hydrogen-bond acceptors (Lipinski definition) is 24. The number of carbonyl (C=O) groups is 5. The van der Waals surface area contributed by atoms with Crippen LogP contribution >= 0.6 is 0 Å². The van der Waals surface area contributed by atoms with Crippen molar-refractivity contribution in [2.75, 3.05) is 191 Å². The van der Waals surface area contributed by atoms with E-state index in [2.05, 4.69) is 41.9 Å². The third kappa shape index (κ3) is 39.4. The van der Waals surface area contributed by atoms with Gasteiger partial charge in [-0.05, 0) is 54.9 Å². The maximum atomic E-state index is 14.2. The lowest BCUT2D eigenvalue weighted by atomic mass is 10.0. The first kappa shape index (κ1) is 80.1. The summed E-state index contributed by atoms with van der Waals surface area (Å²) >= 11 is 0. The molecule has 1 aromatic carbocycles. The van der Waals surface area contributed by atoms with E-state index < -0.39 is 36.0 Å². The highest BCUT2D eigenvalue weighted by atomic mass is 16.6. The highest BCUT2D eigenvalue weighted by Crippen LogP contribution is 2.22. The molecule has 32 heteroatoms. The van der Waals surface area contributed by atoms with E-state index in [4.69, 9.17) is 77.2 Å². The molecule has 32 nitrogen and oxygen atoms in total. The molecule has 0 aliphatic carbocycles. The largest absolute Gasteiger partial charge is 0.443 e. The van der Waals surface area contributed by atoms with Crippen LogP contribution < -0.4 is 27.0 Å². The Morgan fingerprint density at radius 1 is 0.587 bits per heavy atom. The monoisotopic (exact) mass is 1310 g/mol. The van der Waals surface area contributed by atoms with Crippen molar-refractivity contribution in [3.05, 3.63) is 53.1 Å². The average Bonchev–Trinajstić information content (AvgIpc) is 2.01. The number of ether oxygens (including phenoxy) is 14. The van der Waals surface area contributed by atoms with Gasteiger partial charge >= 0.3 is 12.1 Å². The first-order valence-corrected chi connectivity index (χ1v) is 31.6. The van der Waals surface area contributed by atoms with Gasteiger partial charge in [-0.2, -0.15) is 0 Å². The van der Waals surface area contributed by atoms with Gasteiger partial charge in [-0.25, -0.2) is 19.0 Å². The fourth-order valence-electron chi connectivity index (χ4n) is 8.22. The number of aliphatic hydroxyl groups excluding tert-OH is 1. The number of nitrogens with one attached hydrogen (secondary N) is 4. The van der Waals surface area contributed by atoms with Gasteiger partial charge in [0.1, 0.15) is 30.1 Å². The van der Waals surface area contributed by atoms with E-state index in [1.807, 2.05) is 19.9 Å². The lowest BCUT2D eigenvalue weighted by Crippen LogP contribution is -2.54. The molecule has 3 aromatic rings. The Morgan fingerprint density at radius 2 is 1.08 bits per heavy atom. The van der Waals surface area contributed by atoms with Crippen LogP contribution in [0, 0.1) is 5.92 Å². The van der Waals surface area contributed by atoms with E-state index in [1.54, 1.807) is 54.8 Å². The van der Waals surface area contributed by atoms with E-state index >= 15 is 0 Å². The van der Waals surface area contributed by atoms with Gasteiger partial charge in [0, 0.05) is 38.9 Å². The minimum atomic E-state index is -1.09. The normalized spacial score (nSPS) is 12.1. The summed E-state index contributed by atoms with van der Waals surface area (Å²) in [7, 11) is 1.63. The van der Waals surface area contributed by atoms with Gasteiger partial charge in [-0.1, -0.05) is 44.2 Å². The summed E-state index contributed by atoms with van der Waals surface area (Å²) in [6.45, 7) is 18.5. The lowest BCUT2D eigenvalue weighted by molar-refractivity contribution is -0.132. The van der Waals surface area contributed by atoms with Crippen molar-refractivity contribution >= 4 is 35.5 Å². The number of aryl methyl sites for hydroxylation is 1. The molecule has 6 amide bonds. The van der Waals surface area contributed by atoms with Crippen LogP contribution in [0.1, 0.15) is 75.9 Å². The van der Waals surface area contributed by atoms with E-state index in [-0.39, 0.29) is 77.1 Å². The summed E-state index contributed by atoms with van der Waals surface area (Å²) in [5.41, 5.74) is 8.07. The van der Waals surface area contributed by atoms with E-state index in [0.717, 1.165) is 12.0 Å². The van der Waals surface area contributed by atoms with Gasteiger partial charge in [-0.3, -0.25) is 19.3 Å². The zero-order valence-electron chi connectivity index (χ0n) is 54.7. The molecule has 0 bridgehead atoms. The lowest BCUT2D eigenvalue weighted by Gasteiger charge is -2.26. The predicted octanol–water partition coefficient (Wildman–Crippen LogP) is 1.42. The highest BCUT2D eigenvalue weighted by molar-refractivity contribution is 5.98. The van der Waals surface area contributed by atoms with Crippen molar-refractivity contribution in [2.24, 2.45) is 11.7 Å². The Hall–Kier alpha value is -6.11. The van der Waals surface area contributed by atoms with E-state index in [1.165, 1.54) is 4.90 Å². The number of benzene rings is 1. The van der Waals surface area contributed by atoms with Crippen LogP contribution in [-0.4, -0.2) is 267 Å². The maximum Gasteiger partial charge on any atom is 0.410 e. The Labute approximate surface area is 540 Å². The molecule has 0 saturated carbocycles. The summed E-state index contributed by atoms with van der Waals surface area (Å²) in [4.78, 5) is 68.0. The third-order valence-electron chi connectivity index (χ3n) is 13.0. The Kier molecular flexibility index (Phi) is 46.4.